The van der Waals surface area contributed by atoms with Gasteiger partial charge >= 0.3 is 5.97 Å². The highest BCUT2D eigenvalue weighted by Gasteiger charge is 2.53. The quantitative estimate of drug-likeness (QED) is 0.202. The van der Waals surface area contributed by atoms with E-state index in [4.69, 9.17) is 9.47 Å². The largest absolute Gasteiger partial charge is 0.456 e. The first-order valence-electron chi connectivity index (χ1n) is 14.1. The van der Waals surface area contributed by atoms with E-state index in [0.717, 1.165) is 45.9 Å². The van der Waals surface area contributed by atoms with Crippen molar-refractivity contribution in [2.24, 2.45) is 0 Å². The highest BCUT2D eigenvalue weighted by Crippen LogP contribution is 2.57. The number of benzene rings is 5. The van der Waals surface area contributed by atoms with E-state index in [1.54, 1.807) is 0 Å². The third-order valence-electron chi connectivity index (χ3n) is 7.84. The van der Waals surface area contributed by atoms with Gasteiger partial charge in [0.2, 0.25) is 0 Å². The molecule has 1 atom stereocenters. The van der Waals surface area contributed by atoms with Crippen LogP contribution in [0.4, 0.5) is 22.7 Å². The number of hydrogen-bond acceptors (Lipinski definition) is 5. The number of ether oxygens (including phenoxy) is 2. The van der Waals surface area contributed by atoms with Crippen LogP contribution in [0.15, 0.2) is 115 Å². The Morgan fingerprint density at radius 3 is 2.12 bits per heavy atom. The summed E-state index contributed by atoms with van der Waals surface area (Å²) in [6, 6.07) is 38.1. The molecular weight excluding hydrogens is 508 g/mol. The van der Waals surface area contributed by atoms with Gasteiger partial charge in [0, 0.05) is 45.5 Å². The molecule has 2 heterocycles. The van der Waals surface area contributed by atoms with E-state index >= 15 is 0 Å². The molecule has 0 saturated heterocycles. The van der Waals surface area contributed by atoms with Crippen LogP contribution in [-0.2, 0) is 16.8 Å². The summed E-state index contributed by atoms with van der Waals surface area (Å²) >= 11 is 0. The Hall–Kier alpha value is -5.03. The zero-order valence-electron chi connectivity index (χ0n) is 22.8. The first kappa shape index (κ1) is 25.0. The molecule has 0 saturated carbocycles. The lowest BCUT2D eigenvalue weighted by Gasteiger charge is -2.37. The van der Waals surface area contributed by atoms with Crippen LogP contribution in [0.5, 0.6) is 11.5 Å². The van der Waals surface area contributed by atoms with Gasteiger partial charge in [0.15, 0.2) is 5.60 Å². The van der Waals surface area contributed by atoms with Crippen molar-refractivity contribution in [1.82, 2.24) is 0 Å². The predicted molar refractivity (Wildman–Crippen MR) is 163 cm³/mol. The third kappa shape index (κ3) is 4.40. The Bertz CT molecular complexity index is 1750. The standard InChI is InChI=1S/C36H30N2O3/c1-2-3-9-24-14-16-26(17-15-24)38-27-19-21-33-32(22-27)36(30-13-8-7-12-29(30)35(39)41-36)31-20-18-28(23-34(31)40-33)37-25-10-5-4-6-11-25/h4-8,10-23,37-38H,2-3,9H2,1H3. The van der Waals surface area contributed by atoms with E-state index in [0.29, 0.717) is 17.1 Å². The smallest absolute Gasteiger partial charge is 0.340 e. The van der Waals surface area contributed by atoms with Crippen LogP contribution in [0.3, 0.4) is 0 Å². The van der Waals surface area contributed by atoms with Crippen molar-refractivity contribution >= 4 is 28.7 Å². The number of rotatable bonds is 7. The number of aryl methyl sites for hydroxylation is 1. The summed E-state index contributed by atoms with van der Waals surface area (Å²) in [6.07, 6.45) is 3.45. The summed E-state index contributed by atoms with van der Waals surface area (Å²) in [4.78, 5) is 13.3. The van der Waals surface area contributed by atoms with E-state index in [1.165, 1.54) is 18.4 Å². The molecule has 0 amide bonds. The second-order valence-electron chi connectivity index (χ2n) is 10.6. The summed E-state index contributed by atoms with van der Waals surface area (Å²) < 4.78 is 12.9. The molecule has 202 valence electrons. The van der Waals surface area contributed by atoms with Crippen LogP contribution in [-0.4, -0.2) is 5.97 Å². The zero-order chi connectivity index (χ0) is 27.8. The van der Waals surface area contributed by atoms with Crippen molar-refractivity contribution in [3.63, 3.8) is 0 Å². The Morgan fingerprint density at radius 1 is 0.634 bits per heavy atom. The summed E-state index contributed by atoms with van der Waals surface area (Å²) in [6.45, 7) is 2.21. The third-order valence-corrected chi connectivity index (χ3v) is 7.84. The molecule has 5 aromatic rings. The van der Waals surface area contributed by atoms with Crippen molar-refractivity contribution in [3.8, 4) is 11.5 Å². The lowest BCUT2D eigenvalue weighted by Crippen LogP contribution is -2.33. The van der Waals surface area contributed by atoms with Gasteiger partial charge in [0.25, 0.3) is 0 Å². The topological polar surface area (TPSA) is 59.6 Å². The second-order valence-corrected chi connectivity index (χ2v) is 10.6. The van der Waals surface area contributed by atoms with Crippen LogP contribution >= 0.6 is 0 Å². The molecule has 0 aromatic heterocycles. The molecule has 0 radical (unpaired) electrons. The maximum absolute atomic E-state index is 13.3. The Balaban J connectivity index is 1.30. The minimum atomic E-state index is -1.12. The van der Waals surface area contributed by atoms with Crippen LogP contribution in [0.2, 0.25) is 0 Å². The number of fused-ring (bicyclic) bond motifs is 6. The van der Waals surface area contributed by atoms with E-state index in [1.807, 2.05) is 91.0 Å². The predicted octanol–water partition coefficient (Wildman–Crippen LogP) is 9.08. The zero-order valence-corrected chi connectivity index (χ0v) is 22.8. The molecule has 5 heteroatoms. The maximum atomic E-state index is 13.3. The number of carbonyl (C=O) groups is 1. The van der Waals surface area contributed by atoms with Crippen LogP contribution in [0.1, 0.15) is 52.4 Å². The van der Waals surface area contributed by atoms with E-state index in [9.17, 15) is 4.79 Å². The van der Waals surface area contributed by atoms with Gasteiger partial charge in [-0.1, -0.05) is 61.9 Å². The molecule has 7 rings (SSSR count). The van der Waals surface area contributed by atoms with Crippen molar-refractivity contribution < 1.29 is 14.3 Å². The van der Waals surface area contributed by atoms with Gasteiger partial charge in [-0.15, -0.1) is 0 Å². The van der Waals surface area contributed by atoms with Crippen molar-refractivity contribution in [2.45, 2.75) is 31.8 Å². The Labute approximate surface area is 239 Å². The monoisotopic (exact) mass is 538 g/mol. The Kier molecular flexibility index (Phi) is 6.20. The number of esters is 1. The SMILES string of the molecule is CCCCc1ccc(Nc2ccc3c(c2)C2(OC(=O)c4ccccc42)c2ccc(Nc4ccccc4)cc2O3)cc1. The highest BCUT2D eigenvalue weighted by atomic mass is 16.6. The molecule has 1 unspecified atom stereocenters. The lowest BCUT2D eigenvalue weighted by molar-refractivity contribution is 0.0224. The fourth-order valence-electron chi connectivity index (χ4n) is 5.82. The van der Waals surface area contributed by atoms with Crippen molar-refractivity contribution in [3.05, 3.63) is 143 Å². The summed E-state index contributed by atoms with van der Waals surface area (Å²) in [5.74, 6) is 0.956. The molecule has 0 aliphatic carbocycles. The van der Waals surface area contributed by atoms with E-state index in [-0.39, 0.29) is 5.97 Å². The lowest BCUT2D eigenvalue weighted by atomic mass is 9.77. The van der Waals surface area contributed by atoms with Gasteiger partial charge < -0.3 is 20.1 Å². The van der Waals surface area contributed by atoms with Crippen molar-refractivity contribution in [2.75, 3.05) is 10.6 Å². The number of nitrogens with one attached hydrogen (secondary N) is 2. The van der Waals surface area contributed by atoms with Gasteiger partial charge in [-0.3, -0.25) is 0 Å². The van der Waals surface area contributed by atoms with Gasteiger partial charge in [0.05, 0.1) is 5.56 Å². The summed E-state index contributed by atoms with van der Waals surface area (Å²) in [5.41, 5.74) is 6.92. The van der Waals surface area contributed by atoms with Crippen LogP contribution < -0.4 is 15.4 Å². The molecule has 41 heavy (non-hydrogen) atoms. The van der Waals surface area contributed by atoms with Gasteiger partial charge in [-0.25, -0.2) is 4.79 Å². The summed E-state index contributed by atoms with van der Waals surface area (Å²) in [5, 5.41) is 6.97. The minimum absolute atomic E-state index is 0.341. The molecule has 2 aliphatic rings. The van der Waals surface area contributed by atoms with Gasteiger partial charge in [-0.2, -0.15) is 0 Å². The van der Waals surface area contributed by atoms with E-state index in [2.05, 4.69) is 41.8 Å². The Morgan fingerprint density at radius 2 is 1.32 bits per heavy atom. The molecule has 0 fully saturated rings. The normalized spacial score (nSPS) is 16.3. The fraction of sp³-hybridized carbons (Fsp3) is 0.139. The fourth-order valence-corrected chi connectivity index (χ4v) is 5.82. The molecule has 2 N–H and O–H groups in total. The van der Waals surface area contributed by atoms with Gasteiger partial charge in [-0.05, 0) is 79.1 Å². The van der Waals surface area contributed by atoms with Crippen LogP contribution in [0.25, 0.3) is 0 Å². The molecule has 0 bridgehead atoms. The van der Waals surface area contributed by atoms with Gasteiger partial charge in [0.1, 0.15) is 11.5 Å². The molecular formula is C36H30N2O3. The minimum Gasteiger partial charge on any atom is -0.456 e. The first-order chi connectivity index (χ1) is 20.1. The molecule has 1 spiro atoms. The average molecular weight is 539 g/mol. The number of anilines is 4. The highest BCUT2D eigenvalue weighted by molar-refractivity contribution is 5.97. The summed E-state index contributed by atoms with van der Waals surface area (Å²) in [7, 11) is 0. The van der Waals surface area contributed by atoms with Crippen molar-refractivity contribution in [1.29, 1.82) is 0 Å². The average Bonchev–Trinajstić information content (AvgIpc) is 3.30. The molecule has 2 aliphatic heterocycles. The second kappa shape index (κ2) is 10.2. The number of carbonyl (C=O) groups excluding carboxylic acids is 1. The number of para-hydroxylation sites is 1. The molecule has 5 aromatic carbocycles. The van der Waals surface area contributed by atoms with E-state index < -0.39 is 5.60 Å². The maximum Gasteiger partial charge on any atom is 0.340 e. The number of hydrogen-bond donors (Lipinski definition) is 2. The first-order valence-corrected chi connectivity index (χ1v) is 14.1. The number of unbranched alkanes of at least 4 members (excludes halogenated alkanes) is 1. The van der Waals surface area contributed by atoms with Crippen LogP contribution in [0, 0.1) is 0 Å². The molecule has 5 nitrogen and oxygen atoms in total.